The standard InChI is InChI=1S/C10H12ClN3O2S2/c1-12-18(15,16)10-14(9(11)7-17-10)13-8-5-3-2-4-6-8/h2-7,10,12-13H,1H3. The summed E-state index contributed by atoms with van der Waals surface area (Å²) in [7, 11) is -2.08. The molecular weight excluding hydrogens is 294 g/mol. The van der Waals surface area contributed by atoms with Crippen molar-refractivity contribution in [3.63, 3.8) is 0 Å². The second-order valence-electron chi connectivity index (χ2n) is 3.48. The third kappa shape index (κ3) is 2.74. The molecule has 1 aromatic rings. The Hall–Kier alpha value is -0.890. The minimum absolute atomic E-state index is 0.340. The highest BCUT2D eigenvalue weighted by Crippen LogP contribution is 2.35. The monoisotopic (exact) mass is 305 g/mol. The second kappa shape index (κ2) is 5.40. The van der Waals surface area contributed by atoms with Crippen LogP contribution in [0.5, 0.6) is 0 Å². The molecule has 0 aliphatic carbocycles. The van der Waals surface area contributed by atoms with Gasteiger partial charge in [-0.3, -0.25) is 5.43 Å². The number of hydrogen-bond acceptors (Lipinski definition) is 5. The molecule has 1 aliphatic rings. The summed E-state index contributed by atoms with van der Waals surface area (Å²) in [5.74, 6) is 0. The van der Waals surface area contributed by atoms with Crippen LogP contribution in [0.3, 0.4) is 0 Å². The molecule has 18 heavy (non-hydrogen) atoms. The van der Waals surface area contributed by atoms with Crippen LogP contribution in [0.2, 0.25) is 0 Å². The molecule has 0 aromatic heterocycles. The van der Waals surface area contributed by atoms with E-state index >= 15 is 0 Å². The minimum atomic E-state index is -3.46. The number of rotatable bonds is 4. The molecule has 1 heterocycles. The molecule has 1 unspecified atom stereocenters. The lowest BCUT2D eigenvalue weighted by molar-refractivity contribution is 0.467. The largest absolute Gasteiger partial charge is 0.295 e. The summed E-state index contributed by atoms with van der Waals surface area (Å²) in [5.41, 5.74) is 3.74. The molecule has 0 bridgehead atoms. The van der Waals surface area contributed by atoms with Crippen molar-refractivity contribution >= 4 is 39.1 Å². The topological polar surface area (TPSA) is 61.4 Å². The zero-order valence-corrected chi connectivity index (χ0v) is 11.9. The molecule has 5 nitrogen and oxygen atoms in total. The molecule has 1 aliphatic heterocycles. The highest BCUT2D eigenvalue weighted by molar-refractivity contribution is 8.14. The fraction of sp³-hybridized carbons (Fsp3) is 0.200. The summed E-state index contributed by atoms with van der Waals surface area (Å²) in [4.78, 5) is 0. The molecule has 0 radical (unpaired) electrons. The summed E-state index contributed by atoms with van der Waals surface area (Å²) in [6.45, 7) is 0. The number of para-hydroxylation sites is 1. The molecule has 2 rings (SSSR count). The lowest BCUT2D eigenvalue weighted by Crippen LogP contribution is -2.42. The Morgan fingerprint density at radius 2 is 2.00 bits per heavy atom. The molecule has 98 valence electrons. The van der Waals surface area contributed by atoms with Crippen molar-refractivity contribution in [2.45, 2.75) is 4.71 Å². The Kier molecular flexibility index (Phi) is 4.06. The van der Waals surface area contributed by atoms with E-state index in [1.807, 2.05) is 30.3 Å². The first kappa shape index (κ1) is 13.5. The first-order valence-electron chi connectivity index (χ1n) is 5.09. The van der Waals surface area contributed by atoms with Crippen LogP contribution in [0.25, 0.3) is 0 Å². The SMILES string of the molecule is CNS(=O)(=O)C1SC=C(Cl)N1Nc1ccccc1. The van der Waals surface area contributed by atoms with Gasteiger partial charge in [-0.05, 0) is 19.2 Å². The minimum Gasteiger partial charge on any atom is -0.295 e. The predicted octanol–water partition coefficient (Wildman–Crippen LogP) is 1.93. The number of nitrogens with zero attached hydrogens (tertiary/aromatic N) is 1. The maximum Gasteiger partial charge on any atom is 0.244 e. The Morgan fingerprint density at radius 1 is 1.33 bits per heavy atom. The van der Waals surface area contributed by atoms with Crippen LogP contribution in [0.15, 0.2) is 40.9 Å². The fourth-order valence-electron chi connectivity index (χ4n) is 1.40. The van der Waals surface area contributed by atoms with Crippen LogP contribution in [-0.2, 0) is 10.0 Å². The van der Waals surface area contributed by atoms with Crippen LogP contribution in [0.4, 0.5) is 5.69 Å². The van der Waals surface area contributed by atoms with Crippen molar-refractivity contribution in [3.8, 4) is 0 Å². The third-order valence-electron chi connectivity index (χ3n) is 2.30. The van der Waals surface area contributed by atoms with Crippen LogP contribution >= 0.6 is 23.4 Å². The Balaban J connectivity index is 2.21. The van der Waals surface area contributed by atoms with Gasteiger partial charge in [-0.15, -0.1) is 0 Å². The Labute approximate surface area is 115 Å². The third-order valence-corrected chi connectivity index (χ3v) is 5.92. The molecule has 2 N–H and O–H groups in total. The molecule has 8 heteroatoms. The van der Waals surface area contributed by atoms with Gasteiger partial charge in [0.05, 0.1) is 5.69 Å². The lowest BCUT2D eigenvalue weighted by atomic mass is 10.3. The van der Waals surface area contributed by atoms with Crippen molar-refractivity contribution in [2.24, 2.45) is 0 Å². The lowest BCUT2D eigenvalue weighted by Gasteiger charge is -2.27. The van der Waals surface area contributed by atoms with Gasteiger partial charge in [0.15, 0.2) is 0 Å². The zero-order chi connectivity index (χ0) is 13.2. The number of benzene rings is 1. The van der Waals surface area contributed by atoms with Gasteiger partial charge < -0.3 is 0 Å². The summed E-state index contributed by atoms with van der Waals surface area (Å²) in [6, 6.07) is 9.24. The Morgan fingerprint density at radius 3 is 2.61 bits per heavy atom. The first-order chi connectivity index (χ1) is 8.54. The van der Waals surface area contributed by atoms with E-state index in [1.54, 1.807) is 5.41 Å². The molecule has 0 amide bonds. The van der Waals surface area contributed by atoms with Crippen LogP contribution in [-0.4, -0.2) is 25.2 Å². The first-order valence-corrected chi connectivity index (χ1v) is 7.96. The van der Waals surface area contributed by atoms with Gasteiger partial charge in [-0.25, -0.2) is 18.1 Å². The molecular formula is C10H12ClN3O2S2. The van der Waals surface area contributed by atoms with E-state index in [1.165, 1.54) is 12.1 Å². The van der Waals surface area contributed by atoms with Crippen LogP contribution in [0.1, 0.15) is 0 Å². The molecule has 0 saturated carbocycles. The summed E-state index contributed by atoms with van der Waals surface area (Å²) in [6.07, 6.45) is 0. The number of thioether (sulfide) groups is 1. The molecule has 1 aromatic carbocycles. The van der Waals surface area contributed by atoms with E-state index in [4.69, 9.17) is 11.6 Å². The number of halogens is 1. The smallest absolute Gasteiger partial charge is 0.244 e. The van der Waals surface area contributed by atoms with Gasteiger partial charge in [0.25, 0.3) is 0 Å². The van der Waals surface area contributed by atoms with Crippen LogP contribution in [0, 0.1) is 0 Å². The van der Waals surface area contributed by atoms with Crippen molar-refractivity contribution in [2.75, 3.05) is 12.5 Å². The van der Waals surface area contributed by atoms with Gasteiger partial charge in [0, 0.05) is 5.41 Å². The van der Waals surface area contributed by atoms with Gasteiger partial charge in [-0.2, -0.15) is 0 Å². The van der Waals surface area contributed by atoms with E-state index in [2.05, 4.69) is 10.1 Å². The maximum absolute atomic E-state index is 11.8. The maximum atomic E-state index is 11.8. The van der Waals surface area contributed by atoms with Crippen LogP contribution < -0.4 is 10.1 Å². The highest BCUT2D eigenvalue weighted by atomic mass is 35.5. The van der Waals surface area contributed by atoms with Crippen molar-refractivity contribution in [1.29, 1.82) is 0 Å². The number of sulfonamides is 1. The number of hydrazine groups is 1. The molecule has 1 atom stereocenters. The molecule has 0 spiro atoms. The average Bonchev–Trinajstić information content (AvgIpc) is 2.73. The van der Waals surface area contributed by atoms with Crippen molar-refractivity contribution in [1.82, 2.24) is 9.73 Å². The predicted molar refractivity (Wildman–Crippen MR) is 75.2 cm³/mol. The number of nitrogens with one attached hydrogen (secondary N) is 2. The fourth-order valence-corrected chi connectivity index (χ4v) is 4.13. The van der Waals surface area contributed by atoms with E-state index in [0.717, 1.165) is 17.4 Å². The van der Waals surface area contributed by atoms with Crippen molar-refractivity contribution < 1.29 is 8.42 Å². The quantitative estimate of drug-likeness (QED) is 0.832. The molecule has 0 fully saturated rings. The van der Waals surface area contributed by atoms with Crippen molar-refractivity contribution in [3.05, 3.63) is 40.9 Å². The molecule has 0 saturated heterocycles. The highest BCUT2D eigenvalue weighted by Gasteiger charge is 2.36. The summed E-state index contributed by atoms with van der Waals surface area (Å²) < 4.78 is 25.2. The van der Waals surface area contributed by atoms with Gasteiger partial charge in [0.2, 0.25) is 14.7 Å². The van der Waals surface area contributed by atoms with E-state index < -0.39 is 14.7 Å². The normalized spacial score (nSPS) is 19.8. The van der Waals surface area contributed by atoms with E-state index in [9.17, 15) is 8.42 Å². The van der Waals surface area contributed by atoms with E-state index in [0.29, 0.717) is 5.16 Å². The zero-order valence-electron chi connectivity index (χ0n) is 9.50. The van der Waals surface area contributed by atoms with Gasteiger partial charge in [-0.1, -0.05) is 41.6 Å². The summed E-state index contributed by atoms with van der Waals surface area (Å²) in [5, 5.41) is 3.34. The number of hydrogen-bond donors (Lipinski definition) is 2. The second-order valence-corrected chi connectivity index (χ2v) is 7.07. The van der Waals surface area contributed by atoms with Gasteiger partial charge in [0.1, 0.15) is 5.16 Å². The average molecular weight is 306 g/mol. The summed E-state index contributed by atoms with van der Waals surface area (Å²) >= 11 is 7.13. The van der Waals surface area contributed by atoms with E-state index in [-0.39, 0.29) is 0 Å². The Bertz CT molecular complexity index is 548. The van der Waals surface area contributed by atoms with Gasteiger partial charge >= 0.3 is 0 Å². The number of anilines is 1.